The smallest absolute Gasteiger partial charge is 0.226 e. The van der Waals surface area contributed by atoms with E-state index in [2.05, 4.69) is 20.6 Å². The topological polar surface area (TPSA) is 84.6 Å². The van der Waals surface area contributed by atoms with Crippen LogP contribution in [0.3, 0.4) is 0 Å². The van der Waals surface area contributed by atoms with Gasteiger partial charge in [0.25, 0.3) is 0 Å². The Labute approximate surface area is 193 Å². The van der Waals surface area contributed by atoms with Crippen LogP contribution in [0.15, 0.2) is 94.7 Å². The van der Waals surface area contributed by atoms with Gasteiger partial charge in [0.05, 0.1) is 24.5 Å². The van der Waals surface area contributed by atoms with Crippen molar-refractivity contribution in [3.05, 3.63) is 102 Å². The fraction of sp³-hybridized carbons (Fsp3) is 0.192. The first kappa shape index (κ1) is 22.1. The number of benzene rings is 2. The summed E-state index contributed by atoms with van der Waals surface area (Å²) in [6.45, 7) is 4.25. The third-order valence-corrected chi connectivity index (χ3v) is 4.78. The average Bonchev–Trinajstić information content (AvgIpc) is 3.35. The van der Waals surface area contributed by atoms with Gasteiger partial charge in [-0.1, -0.05) is 36.4 Å². The fourth-order valence-electron chi connectivity index (χ4n) is 3.16. The Hall–Kier alpha value is -4.13. The SMILES string of the molecule is CCNC(=NCc1cccc(OCc2ccccn2)c1)NCc1coc(-c2ccccc2)n1. The van der Waals surface area contributed by atoms with Crippen molar-refractivity contribution in [2.75, 3.05) is 6.54 Å². The minimum atomic E-state index is 0.431. The van der Waals surface area contributed by atoms with Crippen molar-refractivity contribution in [2.24, 2.45) is 4.99 Å². The zero-order valence-electron chi connectivity index (χ0n) is 18.6. The second kappa shape index (κ2) is 11.5. The third-order valence-electron chi connectivity index (χ3n) is 4.78. The van der Waals surface area contributed by atoms with E-state index in [1.54, 1.807) is 12.5 Å². The molecular formula is C26H27N5O2. The average molecular weight is 442 g/mol. The molecule has 4 aromatic rings. The van der Waals surface area contributed by atoms with Crippen molar-refractivity contribution in [1.82, 2.24) is 20.6 Å². The van der Waals surface area contributed by atoms with Gasteiger partial charge < -0.3 is 19.8 Å². The highest BCUT2D eigenvalue weighted by molar-refractivity contribution is 5.79. The van der Waals surface area contributed by atoms with E-state index >= 15 is 0 Å². The molecule has 0 atom stereocenters. The van der Waals surface area contributed by atoms with Gasteiger partial charge in [-0.15, -0.1) is 0 Å². The Bertz CT molecular complexity index is 1160. The molecule has 0 radical (unpaired) electrons. The molecule has 2 heterocycles. The van der Waals surface area contributed by atoms with Gasteiger partial charge in [-0.2, -0.15) is 0 Å². The predicted octanol–water partition coefficient (Wildman–Crippen LogP) is 4.57. The monoisotopic (exact) mass is 441 g/mol. The van der Waals surface area contributed by atoms with Crippen LogP contribution in [-0.2, 0) is 19.7 Å². The Kier molecular flexibility index (Phi) is 7.68. The molecule has 2 N–H and O–H groups in total. The van der Waals surface area contributed by atoms with Gasteiger partial charge >= 0.3 is 0 Å². The quantitative estimate of drug-likeness (QED) is 0.292. The number of hydrogen-bond acceptors (Lipinski definition) is 5. The summed E-state index contributed by atoms with van der Waals surface area (Å²) in [4.78, 5) is 13.5. The molecule has 7 nitrogen and oxygen atoms in total. The van der Waals surface area contributed by atoms with Gasteiger partial charge in [-0.05, 0) is 48.9 Å². The molecule has 0 aliphatic carbocycles. The van der Waals surface area contributed by atoms with E-state index in [1.807, 2.05) is 79.7 Å². The molecule has 168 valence electrons. The van der Waals surface area contributed by atoms with E-state index < -0.39 is 0 Å². The summed E-state index contributed by atoms with van der Waals surface area (Å²) in [6, 6.07) is 23.6. The molecule has 0 saturated carbocycles. The van der Waals surface area contributed by atoms with Crippen LogP contribution in [-0.4, -0.2) is 22.5 Å². The van der Waals surface area contributed by atoms with Crippen molar-refractivity contribution >= 4 is 5.96 Å². The second-order valence-corrected chi connectivity index (χ2v) is 7.32. The Morgan fingerprint density at radius 2 is 1.85 bits per heavy atom. The highest BCUT2D eigenvalue weighted by Gasteiger charge is 2.07. The molecule has 4 rings (SSSR count). The number of hydrogen-bond donors (Lipinski definition) is 2. The molecule has 33 heavy (non-hydrogen) atoms. The lowest BCUT2D eigenvalue weighted by molar-refractivity contribution is 0.301. The summed E-state index contributed by atoms with van der Waals surface area (Å²) in [6.07, 6.45) is 3.43. The molecule has 0 amide bonds. The number of aromatic nitrogens is 2. The van der Waals surface area contributed by atoms with E-state index in [0.29, 0.717) is 31.5 Å². The zero-order chi connectivity index (χ0) is 22.7. The number of ether oxygens (including phenoxy) is 1. The highest BCUT2D eigenvalue weighted by atomic mass is 16.5. The van der Waals surface area contributed by atoms with E-state index in [4.69, 9.17) is 14.1 Å². The van der Waals surface area contributed by atoms with Crippen molar-refractivity contribution < 1.29 is 9.15 Å². The number of aliphatic imine (C=N–C) groups is 1. The molecule has 0 aliphatic rings. The molecule has 0 spiro atoms. The van der Waals surface area contributed by atoms with E-state index in [-0.39, 0.29) is 0 Å². The lowest BCUT2D eigenvalue weighted by Gasteiger charge is -2.10. The van der Waals surface area contributed by atoms with Crippen LogP contribution in [0.25, 0.3) is 11.5 Å². The van der Waals surface area contributed by atoms with Crippen LogP contribution >= 0.6 is 0 Å². The molecule has 2 aromatic carbocycles. The minimum absolute atomic E-state index is 0.431. The van der Waals surface area contributed by atoms with Gasteiger partial charge in [0.1, 0.15) is 18.6 Å². The summed E-state index contributed by atoms with van der Waals surface area (Å²) in [7, 11) is 0. The molecule has 0 aliphatic heterocycles. The summed E-state index contributed by atoms with van der Waals surface area (Å²) >= 11 is 0. The lowest BCUT2D eigenvalue weighted by atomic mass is 10.2. The Morgan fingerprint density at radius 1 is 0.970 bits per heavy atom. The van der Waals surface area contributed by atoms with E-state index in [0.717, 1.165) is 34.8 Å². The van der Waals surface area contributed by atoms with Crippen LogP contribution in [0.1, 0.15) is 23.9 Å². The fourth-order valence-corrected chi connectivity index (χ4v) is 3.16. The maximum Gasteiger partial charge on any atom is 0.226 e. The molecule has 0 unspecified atom stereocenters. The van der Waals surface area contributed by atoms with Crippen LogP contribution in [0, 0.1) is 0 Å². The largest absolute Gasteiger partial charge is 0.487 e. The lowest BCUT2D eigenvalue weighted by Crippen LogP contribution is -2.36. The summed E-state index contributed by atoms with van der Waals surface area (Å²) < 4.78 is 11.5. The minimum Gasteiger partial charge on any atom is -0.487 e. The van der Waals surface area contributed by atoms with Gasteiger partial charge in [0.2, 0.25) is 5.89 Å². The van der Waals surface area contributed by atoms with E-state index in [9.17, 15) is 0 Å². The summed E-state index contributed by atoms with van der Waals surface area (Å²) in [5, 5.41) is 6.57. The molecule has 2 aromatic heterocycles. The first-order chi connectivity index (χ1) is 16.3. The Balaban J connectivity index is 1.34. The van der Waals surface area contributed by atoms with Crippen molar-refractivity contribution in [2.45, 2.75) is 26.6 Å². The molecule has 7 heteroatoms. The van der Waals surface area contributed by atoms with Crippen LogP contribution < -0.4 is 15.4 Å². The predicted molar refractivity (Wildman–Crippen MR) is 129 cm³/mol. The molecule has 0 saturated heterocycles. The highest BCUT2D eigenvalue weighted by Crippen LogP contribution is 2.18. The zero-order valence-corrected chi connectivity index (χ0v) is 18.6. The normalized spacial score (nSPS) is 11.2. The first-order valence-electron chi connectivity index (χ1n) is 10.9. The number of oxazole rings is 1. The number of rotatable bonds is 9. The third kappa shape index (κ3) is 6.67. The number of nitrogens with one attached hydrogen (secondary N) is 2. The van der Waals surface area contributed by atoms with Gasteiger partial charge in [-0.3, -0.25) is 4.98 Å². The number of nitrogens with zero attached hydrogens (tertiary/aromatic N) is 3. The van der Waals surface area contributed by atoms with Crippen molar-refractivity contribution in [3.63, 3.8) is 0 Å². The Morgan fingerprint density at radius 3 is 2.67 bits per heavy atom. The number of guanidine groups is 1. The maximum absolute atomic E-state index is 5.87. The molecular weight excluding hydrogens is 414 g/mol. The molecule has 0 bridgehead atoms. The van der Waals surface area contributed by atoms with Crippen LogP contribution in [0.2, 0.25) is 0 Å². The second-order valence-electron chi connectivity index (χ2n) is 7.32. The standard InChI is InChI=1S/C26H27N5O2/c1-2-27-26(30-17-23-19-33-25(31-23)21-10-4-3-5-11-21)29-16-20-9-8-13-24(15-20)32-18-22-12-6-7-14-28-22/h3-15,19H,2,16-18H2,1H3,(H2,27,29,30). The van der Waals surface area contributed by atoms with E-state index in [1.165, 1.54) is 0 Å². The summed E-state index contributed by atoms with van der Waals surface area (Å²) in [5.41, 5.74) is 3.71. The van der Waals surface area contributed by atoms with Crippen LogP contribution in [0.4, 0.5) is 0 Å². The first-order valence-corrected chi connectivity index (χ1v) is 10.9. The van der Waals surface area contributed by atoms with Gasteiger partial charge in [0, 0.05) is 18.3 Å². The van der Waals surface area contributed by atoms with Crippen molar-refractivity contribution in [3.8, 4) is 17.2 Å². The van der Waals surface area contributed by atoms with Crippen LogP contribution in [0.5, 0.6) is 5.75 Å². The number of pyridine rings is 1. The van der Waals surface area contributed by atoms with Crippen molar-refractivity contribution in [1.29, 1.82) is 0 Å². The maximum atomic E-state index is 5.87. The molecule has 0 fully saturated rings. The van der Waals surface area contributed by atoms with Gasteiger partial charge in [0.15, 0.2) is 5.96 Å². The summed E-state index contributed by atoms with van der Waals surface area (Å²) in [5.74, 6) is 2.11. The van der Waals surface area contributed by atoms with Gasteiger partial charge in [-0.25, -0.2) is 9.98 Å².